The maximum absolute atomic E-state index is 13.0. The highest BCUT2D eigenvalue weighted by molar-refractivity contribution is 7.14. The van der Waals surface area contributed by atoms with Crippen molar-refractivity contribution in [2.75, 3.05) is 11.4 Å². The normalized spacial score (nSPS) is 10.4. The van der Waals surface area contributed by atoms with Gasteiger partial charge in [0.05, 0.1) is 10.6 Å². The first kappa shape index (κ1) is 18.5. The van der Waals surface area contributed by atoms with E-state index in [1.54, 1.807) is 25.1 Å². The number of hydrogen-bond acceptors (Lipinski definition) is 5. The van der Waals surface area contributed by atoms with Crippen LogP contribution in [0.4, 0.5) is 10.8 Å². The van der Waals surface area contributed by atoms with Crippen molar-refractivity contribution < 1.29 is 9.72 Å². The fourth-order valence-electron chi connectivity index (χ4n) is 2.60. The molecule has 1 amide bonds. The zero-order valence-electron chi connectivity index (χ0n) is 14.7. The number of carbonyl (C=O) groups excluding carboxylic acids is 1. The minimum atomic E-state index is -0.485. The lowest BCUT2D eigenvalue weighted by Gasteiger charge is -2.18. The Morgan fingerprint density at radius 3 is 2.70 bits per heavy atom. The second kappa shape index (κ2) is 7.92. The van der Waals surface area contributed by atoms with Crippen molar-refractivity contribution in [2.24, 2.45) is 0 Å². The number of aryl methyl sites for hydroxylation is 1. The summed E-state index contributed by atoms with van der Waals surface area (Å²) in [6, 6.07) is 14.1. The van der Waals surface area contributed by atoms with Gasteiger partial charge in [-0.1, -0.05) is 42.5 Å². The Kier molecular flexibility index (Phi) is 5.42. The molecule has 0 fully saturated rings. The number of anilines is 1. The number of benzene rings is 2. The molecule has 0 unspecified atom stereocenters. The van der Waals surface area contributed by atoms with Gasteiger partial charge >= 0.3 is 0 Å². The molecule has 1 heterocycles. The van der Waals surface area contributed by atoms with Crippen molar-refractivity contribution in [1.82, 2.24) is 4.98 Å². The lowest BCUT2D eigenvalue weighted by Crippen LogP contribution is -2.31. The molecule has 0 atom stereocenters. The van der Waals surface area contributed by atoms with Crippen LogP contribution in [0.5, 0.6) is 0 Å². The van der Waals surface area contributed by atoms with Crippen molar-refractivity contribution in [3.63, 3.8) is 0 Å². The number of aromatic nitrogens is 1. The minimum absolute atomic E-state index is 0.0801. The summed E-state index contributed by atoms with van der Waals surface area (Å²) in [4.78, 5) is 29.7. The Balaban J connectivity index is 1.95. The number of nitrogens with zero attached hydrogens (tertiary/aromatic N) is 3. The third kappa shape index (κ3) is 3.93. The zero-order chi connectivity index (χ0) is 19.4. The van der Waals surface area contributed by atoms with E-state index in [1.165, 1.54) is 22.3 Å². The summed E-state index contributed by atoms with van der Waals surface area (Å²) in [5, 5.41) is 13.6. The number of hydrogen-bond donors (Lipinski definition) is 0. The molecule has 6 nitrogen and oxygen atoms in total. The van der Waals surface area contributed by atoms with Gasteiger partial charge in [-0.05, 0) is 13.0 Å². The van der Waals surface area contributed by atoms with Gasteiger partial charge in [0.2, 0.25) is 0 Å². The topological polar surface area (TPSA) is 76.3 Å². The average molecular weight is 379 g/mol. The van der Waals surface area contributed by atoms with E-state index >= 15 is 0 Å². The van der Waals surface area contributed by atoms with Crippen LogP contribution in [0.25, 0.3) is 11.3 Å². The SMILES string of the molecule is C=CCN(C(=O)c1ccc(C)c([N+](=O)[O-])c1)c1nc(-c2ccccc2)cs1. The Labute approximate surface area is 160 Å². The van der Waals surface area contributed by atoms with Gasteiger partial charge < -0.3 is 0 Å². The first-order valence-corrected chi connectivity index (χ1v) is 9.08. The van der Waals surface area contributed by atoms with E-state index < -0.39 is 4.92 Å². The average Bonchev–Trinajstić information content (AvgIpc) is 3.16. The molecule has 3 aromatic rings. The number of amides is 1. The molecule has 1 aromatic heterocycles. The highest BCUT2D eigenvalue weighted by Crippen LogP contribution is 2.29. The van der Waals surface area contributed by atoms with Gasteiger partial charge in [0.25, 0.3) is 11.6 Å². The molecule has 27 heavy (non-hydrogen) atoms. The molecule has 136 valence electrons. The van der Waals surface area contributed by atoms with Crippen LogP contribution in [-0.4, -0.2) is 22.4 Å². The molecule has 0 spiro atoms. The van der Waals surface area contributed by atoms with Crippen LogP contribution in [-0.2, 0) is 0 Å². The lowest BCUT2D eigenvalue weighted by atomic mass is 10.1. The molecule has 3 rings (SSSR count). The third-order valence-electron chi connectivity index (χ3n) is 4.00. The number of thiazole rings is 1. The molecule has 0 aliphatic carbocycles. The summed E-state index contributed by atoms with van der Waals surface area (Å²) in [7, 11) is 0. The second-order valence-electron chi connectivity index (χ2n) is 5.84. The number of carbonyl (C=O) groups is 1. The number of rotatable bonds is 6. The highest BCUT2D eigenvalue weighted by atomic mass is 32.1. The molecule has 0 N–H and O–H groups in total. The van der Waals surface area contributed by atoms with Crippen LogP contribution in [0.3, 0.4) is 0 Å². The standard InChI is InChI=1S/C20H17N3O3S/c1-3-11-22(19(24)16-10-9-14(2)18(12-16)23(25)26)20-21-17(13-27-20)15-7-5-4-6-8-15/h3-10,12-13H,1,11H2,2H3. The molecule has 0 aliphatic heterocycles. The fourth-order valence-corrected chi connectivity index (χ4v) is 3.44. The van der Waals surface area contributed by atoms with E-state index in [0.717, 1.165) is 11.3 Å². The summed E-state index contributed by atoms with van der Waals surface area (Å²) >= 11 is 1.34. The Morgan fingerprint density at radius 2 is 2.04 bits per heavy atom. The van der Waals surface area contributed by atoms with Crippen LogP contribution >= 0.6 is 11.3 Å². The minimum Gasteiger partial charge on any atom is -0.280 e. The van der Waals surface area contributed by atoms with E-state index in [-0.39, 0.29) is 23.7 Å². The van der Waals surface area contributed by atoms with E-state index in [2.05, 4.69) is 11.6 Å². The molecular weight excluding hydrogens is 362 g/mol. The summed E-state index contributed by atoms with van der Waals surface area (Å²) in [5.41, 5.74) is 2.39. The number of nitro groups is 1. The van der Waals surface area contributed by atoms with Gasteiger partial charge in [0.1, 0.15) is 0 Å². The fraction of sp³-hybridized carbons (Fsp3) is 0.100. The van der Waals surface area contributed by atoms with Crippen molar-refractivity contribution in [1.29, 1.82) is 0 Å². The maximum Gasteiger partial charge on any atom is 0.273 e. The van der Waals surface area contributed by atoms with E-state index in [4.69, 9.17) is 0 Å². The predicted octanol–water partition coefficient (Wildman–Crippen LogP) is 4.86. The molecular formula is C20H17N3O3S. The number of nitro benzene ring substituents is 1. The van der Waals surface area contributed by atoms with Gasteiger partial charge in [0, 0.05) is 34.7 Å². The monoisotopic (exact) mass is 379 g/mol. The van der Waals surface area contributed by atoms with Gasteiger partial charge in [-0.25, -0.2) is 4.98 Å². The molecule has 7 heteroatoms. The van der Waals surface area contributed by atoms with E-state index in [0.29, 0.717) is 10.7 Å². The quantitative estimate of drug-likeness (QED) is 0.348. The molecule has 0 radical (unpaired) electrons. The molecule has 0 aliphatic rings. The summed E-state index contributed by atoms with van der Waals surface area (Å²) in [6.45, 7) is 5.59. The maximum atomic E-state index is 13.0. The van der Waals surface area contributed by atoms with Crippen molar-refractivity contribution in [3.8, 4) is 11.3 Å². The van der Waals surface area contributed by atoms with Gasteiger partial charge in [-0.2, -0.15) is 0 Å². The first-order chi connectivity index (χ1) is 13.0. The second-order valence-corrected chi connectivity index (χ2v) is 6.68. The summed E-state index contributed by atoms with van der Waals surface area (Å²) < 4.78 is 0. The van der Waals surface area contributed by atoms with Crippen LogP contribution in [0.2, 0.25) is 0 Å². The summed E-state index contributed by atoms with van der Waals surface area (Å²) in [6.07, 6.45) is 1.60. The van der Waals surface area contributed by atoms with Crippen LogP contribution in [0.1, 0.15) is 15.9 Å². The summed E-state index contributed by atoms with van der Waals surface area (Å²) in [5.74, 6) is -0.355. The molecule has 0 saturated heterocycles. The first-order valence-electron chi connectivity index (χ1n) is 8.20. The molecule has 0 saturated carbocycles. The predicted molar refractivity (Wildman–Crippen MR) is 107 cm³/mol. The van der Waals surface area contributed by atoms with Crippen molar-refractivity contribution in [2.45, 2.75) is 6.92 Å². The Morgan fingerprint density at radius 1 is 1.30 bits per heavy atom. The van der Waals surface area contributed by atoms with Gasteiger partial charge in [-0.3, -0.25) is 19.8 Å². The van der Waals surface area contributed by atoms with Gasteiger partial charge in [0.15, 0.2) is 5.13 Å². The van der Waals surface area contributed by atoms with Crippen LogP contribution < -0.4 is 4.90 Å². The van der Waals surface area contributed by atoms with E-state index in [9.17, 15) is 14.9 Å². The highest BCUT2D eigenvalue weighted by Gasteiger charge is 2.22. The Hall–Kier alpha value is -3.32. The Bertz CT molecular complexity index is 999. The molecule has 0 bridgehead atoms. The largest absolute Gasteiger partial charge is 0.280 e. The van der Waals surface area contributed by atoms with Gasteiger partial charge in [-0.15, -0.1) is 17.9 Å². The van der Waals surface area contributed by atoms with Crippen LogP contribution in [0.15, 0.2) is 66.6 Å². The smallest absolute Gasteiger partial charge is 0.273 e. The van der Waals surface area contributed by atoms with Crippen LogP contribution in [0, 0.1) is 17.0 Å². The van der Waals surface area contributed by atoms with E-state index in [1.807, 2.05) is 35.7 Å². The lowest BCUT2D eigenvalue weighted by molar-refractivity contribution is -0.385. The molecule has 2 aromatic carbocycles. The van der Waals surface area contributed by atoms with Crippen molar-refractivity contribution in [3.05, 3.63) is 87.8 Å². The third-order valence-corrected chi connectivity index (χ3v) is 4.87. The zero-order valence-corrected chi connectivity index (χ0v) is 15.5. The van der Waals surface area contributed by atoms with Crippen molar-refractivity contribution >= 4 is 28.1 Å².